The Hall–Kier alpha value is -1.04. The van der Waals surface area contributed by atoms with E-state index < -0.39 is 17.6 Å². The molecule has 0 heterocycles. The van der Waals surface area contributed by atoms with Crippen molar-refractivity contribution in [3.8, 4) is 0 Å². The van der Waals surface area contributed by atoms with Gasteiger partial charge in [-0.3, -0.25) is 4.79 Å². The summed E-state index contributed by atoms with van der Waals surface area (Å²) in [6, 6.07) is 3.17. The molecule has 116 valence electrons. The Balaban J connectivity index is 2.11. The first kappa shape index (κ1) is 16.3. The fourth-order valence-electron chi connectivity index (χ4n) is 2.54. The van der Waals surface area contributed by atoms with Gasteiger partial charge in [0.2, 0.25) is 0 Å². The minimum Gasteiger partial charge on any atom is -0.349 e. The van der Waals surface area contributed by atoms with Gasteiger partial charge in [0.15, 0.2) is 0 Å². The van der Waals surface area contributed by atoms with Gasteiger partial charge in [0.25, 0.3) is 5.91 Å². The first-order valence-electron chi connectivity index (χ1n) is 6.95. The molecule has 0 aromatic heterocycles. The molecular formula is C15H17BrF3NO. The average Bonchev–Trinajstić information content (AvgIpc) is 2.40. The maximum Gasteiger partial charge on any atom is 0.416 e. The van der Waals surface area contributed by atoms with Gasteiger partial charge in [0, 0.05) is 10.5 Å². The molecule has 1 saturated carbocycles. The molecule has 1 aliphatic carbocycles. The van der Waals surface area contributed by atoms with E-state index in [4.69, 9.17) is 0 Å². The van der Waals surface area contributed by atoms with E-state index in [1.807, 2.05) is 0 Å². The number of carbonyl (C=O) groups excluding carboxylic acids is 1. The molecule has 0 radical (unpaired) electrons. The molecule has 0 spiro atoms. The summed E-state index contributed by atoms with van der Waals surface area (Å²) in [4.78, 5) is 12.2. The maximum atomic E-state index is 12.7. The first-order valence-corrected chi connectivity index (χ1v) is 7.74. The number of hydrogen-bond acceptors (Lipinski definition) is 1. The van der Waals surface area contributed by atoms with E-state index in [1.54, 1.807) is 0 Å². The fraction of sp³-hybridized carbons (Fsp3) is 0.533. The van der Waals surface area contributed by atoms with Crippen LogP contribution in [0.4, 0.5) is 13.2 Å². The Labute approximate surface area is 130 Å². The van der Waals surface area contributed by atoms with Gasteiger partial charge in [-0.2, -0.15) is 13.2 Å². The lowest BCUT2D eigenvalue weighted by Crippen LogP contribution is -2.37. The number of halogens is 4. The van der Waals surface area contributed by atoms with Crippen molar-refractivity contribution in [2.75, 3.05) is 0 Å². The van der Waals surface area contributed by atoms with Crippen LogP contribution in [0.1, 0.15) is 48.5 Å². The number of carbonyl (C=O) groups is 1. The van der Waals surface area contributed by atoms with Crippen molar-refractivity contribution >= 4 is 21.8 Å². The van der Waals surface area contributed by atoms with Crippen molar-refractivity contribution in [3.05, 3.63) is 33.8 Å². The van der Waals surface area contributed by atoms with Gasteiger partial charge in [-0.05, 0) is 65.7 Å². The van der Waals surface area contributed by atoms with Gasteiger partial charge < -0.3 is 5.32 Å². The molecule has 0 aliphatic heterocycles. The molecule has 6 heteroatoms. The number of benzene rings is 1. The average molecular weight is 364 g/mol. The Kier molecular flexibility index (Phi) is 4.96. The van der Waals surface area contributed by atoms with Crippen molar-refractivity contribution < 1.29 is 18.0 Å². The normalized spacial score (nSPS) is 22.9. The number of amides is 1. The molecule has 1 amide bonds. The van der Waals surface area contributed by atoms with Crippen molar-refractivity contribution in [3.63, 3.8) is 0 Å². The summed E-state index contributed by atoms with van der Waals surface area (Å²) in [6.45, 7) is 2.17. The van der Waals surface area contributed by atoms with E-state index in [-0.39, 0.29) is 11.6 Å². The van der Waals surface area contributed by atoms with Crippen molar-refractivity contribution in [1.82, 2.24) is 5.32 Å². The van der Waals surface area contributed by atoms with Gasteiger partial charge in [-0.25, -0.2) is 0 Å². The van der Waals surface area contributed by atoms with E-state index in [2.05, 4.69) is 28.2 Å². The zero-order valence-electron chi connectivity index (χ0n) is 11.6. The summed E-state index contributed by atoms with van der Waals surface area (Å²) < 4.78 is 38.5. The molecule has 2 rings (SSSR count). The van der Waals surface area contributed by atoms with Crippen molar-refractivity contribution in [1.29, 1.82) is 0 Å². The van der Waals surface area contributed by atoms with E-state index in [9.17, 15) is 18.0 Å². The smallest absolute Gasteiger partial charge is 0.349 e. The van der Waals surface area contributed by atoms with Gasteiger partial charge in [0.05, 0.1) is 11.1 Å². The van der Waals surface area contributed by atoms with Crippen LogP contribution in [0.2, 0.25) is 0 Å². The second-order valence-corrected chi connectivity index (χ2v) is 6.48. The Bertz CT molecular complexity index is 522. The SMILES string of the molecule is CC1CCC(NC(=O)c2cc(C(F)(F)F)ccc2Br)CC1. The Morgan fingerprint density at radius 2 is 1.86 bits per heavy atom. The van der Waals surface area contributed by atoms with Gasteiger partial charge in [-0.1, -0.05) is 6.92 Å². The molecule has 1 aromatic carbocycles. The van der Waals surface area contributed by atoms with Crippen molar-refractivity contribution in [2.24, 2.45) is 5.92 Å². The number of rotatable bonds is 2. The molecule has 21 heavy (non-hydrogen) atoms. The quantitative estimate of drug-likeness (QED) is 0.804. The van der Waals surface area contributed by atoms with E-state index in [1.165, 1.54) is 6.07 Å². The second-order valence-electron chi connectivity index (χ2n) is 5.62. The molecule has 2 nitrogen and oxygen atoms in total. The lowest BCUT2D eigenvalue weighted by Gasteiger charge is -2.27. The maximum absolute atomic E-state index is 12.7. The minimum atomic E-state index is -4.45. The molecule has 1 aromatic rings. The van der Waals surface area contributed by atoms with Crippen LogP contribution in [0.15, 0.2) is 22.7 Å². The summed E-state index contributed by atoms with van der Waals surface area (Å²) in [5.41, 5.74) is -0.781. The van der Waals surface area contributed by atoms with Crippen LogP contribution in [0.5, 0.6) is 0 Å². The molecule has 0 unspecified atom stereocenters. The molecule has 1 N–H and O–H groups in total. The summed E-state index contributed by atoms with van der Waals surface area (Å²) >= 11 is 3.14. The van der Waals surface area contributed by atoms with Crippen LogP contribution >= 0.6 is 15.9 Å². The summed E-state index contributed by atoms with van der Waals surface area (Å²) in [7, 11) is 0. The highest BCUT2D eigenvalue weighted by atomic mass is 79.9. The van der Waals surface area contributed by atoms with Crippen LogP contribution in [-0.4, -0.2) is 11.9 Å². The van der Waals surface area contributed by atoms with E-state index in [0.29, 0.717) is 10.4 Å². The fourth-order valence-corrected chi connectivity index (χ4v) is 2.97. The van der Waals surface area contributed by atoms with Gasteiger partial charge in [-0.15, -0.1) is 0 Å². The third kappa shape index (κ3) is 4.22. The molecule has 0 saturated heterocycles. The highest BCUT2D eigenvalue weighted by Gasteiger charge is 2.32. The molecule has 0 bridgehead atoms. The lowest BCUT2D eigenvalue weighted by atomic mass is 9.87. The number of nitrogens with one attached hydrogen (secondary N) is 1. The Morgan fingerprint density at radius 3 is 2.43 bits per heavy atom. The monoisotopic (exact) mass is 363 g/mol. The predicted octanol–water partition coefficient (Wildman–Crippen LogP) is 4.78. The van der Waals surface area contributed by atoms with Crippen LogP contribution in [0.3, 0.4) is 0 Å². The summed E-state index contributed by atoms with van der Waals surface area (Å²) in [5, 5.41) is 2.84. The van der Waals surface area contributed by atoms with Gasteiger partial charge in [0.1, 0.15) is 0 Å². The predicted molar refractivity (Wildman–Crippen MR) is 78.0 cm³/mol. The van der Waals surface area contributed by atoms with Gasteiger partial charge >= 0.3 is 6.18 Å². The summed E-state index contributed by atoms with van der Waals surface area (Å²) in [5.74, 6) is 0.200. The molecular weight excluding hydrogens is 347 g/mol. The van der Waals surface area contributed by atoms with Crippen LogP contribution in [-0.2, 0) is 6.18 Å². The minimum absolute atomic E-state index is 0.0310. The molecule has 1 fully saturated rings. The zero-order valence-corrected chi connectivity index (χ0v) is 13.2. The first-order chi connectivity index (χ1) is 9.77. The van der Waals surface area contributed by atoms with E-state index >= 15 is 0 Å². The standard InChI is InChI=1S/C15H17BrF3NO/c1-9-2-5-11(6-3-9)20-14(21)12-8-10(15(17,18)19)4-7-13(12)16/h4,7-9,11H,2-3,5-6H2,1H3,(H,20,21). The number of hydrogen-bond donors (Lipinski definition) is 1. The van der Waals surface area contributed by atoms with Crippen LogP contribution in [0, 0.1) is 5.92 Å². The Morgan fingerprint density at radius 1 is 1.24 bits per heavy atom. The third-order valence-corrected chi connectivity index (χ3v) is 4.58. The highest BCUT2D eigenvalue weighted by molar-refractivity contribution is 9.10. The topological polar surface area (TPSA) is 29.1 Å². The number of alkyl halides is 3. The van der Waals surface area contributed by atoms with Crippen LogP contribution in [0.25, 0.3) is 0 Å². The molecule has 0 atom stereocenters. The third-order valence-electron chi connectivity index (χ3n) is 3.89. The second kappa shape index (κ2) is 6.38. The largest absolute Gasteiger partial charge is 0.416 e. The van der Waals surface area contributed by atoms with Crippen LogP contribution < -0.4 is 5.32 Å². The van der Waals surface area contributed by atoms with E-state index in [0.717, 1.165) is 37.8 Å². The highest BCUT2D eigenvalue weighted by Crippen LogP contribution is 2.32. The zero-order chi connectivity index (χ0) is 15.6. The lowest BCUT2D eigenvalue weighted by molar-refractivity contribution is -0.137. The molecule has 1 aliphatic rings. The summed E-state index contributed by atoms with van der Waals surface area (Å²) in [6.07, 6.45) is -0.619. The van der Waals surface area contributed by atoms with Crippen molar-refractivity contribution in [2.45, 2.75) is 44.8 Å².